The van der Waals surface area contributed by atoms with Crippen LogP contribution in [0.25, 0.3) is 11.0 Å². The average molecular weight is 367 g/mol. The molecule has 24 heavy (non-hydrogen) atoms. The van der Waals surface area contributed by atoms with Crippen LogP contribution in [-0.2, 0) is 11.1 Å². The van der Waals surface area contributed by atoms with Gasteiger partial charge in [-0.15, -0.1) is 0 Å². The highest BCUT2D eigenvalue weighted by atomic mass is 31.2. The molecule has 0 aliphatic carbocycles. The van der Waals surface area contributed by atoms with Gasteiger partial charge in [-0.25, -0.2) is 9.51 Å². The van der Waals surface area contributed by atoms with Crippen molar-refractivity contribution in [2.75, 3.05) is 12.3 Å². The van der Waals surface area contributed by atoms with Crippen molar-refractivity contribution in [1.29, 1.82) is 0 Å². The first-order valence-electron chi connectivity index (χ1n) is 6.66. The topological polar surface area (TPSA) is 170 Å². The van der Waals surface area contributed by atoms with Gasteiger partial charge in [0.2, 0.25) is 5.95 Å². The van der Waals surface area contributed by atoms with Crippen molar-refractivity contribution in [1.82, 2.24) is 20.3 Å². The second-order valence-corrected chi connectivity index (χ2v) is 5.62. The minimum Gasteiger partial charge on any atom is -0.395 e. The van der Waals surface area contributed by atoms with E-state index in [1.165, 1.54) is 6.20 Å². The summed E-state index contributed by atoms with van der Waals surface area (Å²) in [4.78, 5) is 37.6. The molecule has 0 saturated carbocycles. The second-order valence-electron chi connectivity index (χ2n) is 4.93. The van der Waals surface area contributed by atoms with Crippen molar-refractivity contribution in [3.05, 3.63) is 22.1 Å². The van der Waals surface area contributed by atoms with E-state index in [0.29, 0.717) is 5.56 Å². The molecule has 134 valence electrons. The van der Waals surface area contributed by atoms with E-state index in [2.05, 4.69) is 24.8 Å². The standard InChI is InChI=1S/C11H16F2N5O5P/c12-11(13,23-24(21)22)1-6(4-19)15-2-5-3-16-8-7(5)17-10(14)18-9(8)20/h3,6,15-16,19,21-22H,1-2,4H2,(H3,14,17,18,20)/t6-/m0/s1. The monoisotopic (exact) mass is 367 g/mol. The fraction of sp³-hybridized carbons (Fsp3) is 0.455. The summed E-state index contributed by atoms with van der Waals surface area (Å²) in [5.41, 5.74) is 5.93. The number of nitrogens with one attached hydrogen (secondary N) is 3. The number of anilines is 1. The molecule has 0 aliphatic heterocycles. The van der Waals surface area contributed by atoms with Crippen LogP contribution in [0.2, 0.25) is 0 Å². The normalized spacial score (nSPS) is 13.8. The number of hydrogen-bond donors (Lipinski definition) is 7. The lowest BCUT2D eigenvalue weighted by atomic mass is 10.2. The van der Waals surface area contributed by atoms with Crippen LogP contribution in [0.1, 0.15) is 12.0 Å². The van der Waals surface area contributed by atoms with E-state index in [0.717, 1.165) is 0 Å². The molecule has 0 aromatic carbocycles. The molecule has 0 spiro atoms. The number of aromatic amines is 2. The van der Waals surface area contributed by atoms with Crippen LogP contribution in [0.3, 0.4) is 0 Å². The van der Waals surface area contributed by atoms with Crippen LogP contribution in [0, 0.1) is 0 Å². The van der Waals surface area contributed by atoms with Crippen LogP contribution < -0.4 is 16.6 Å². The molecule has 0 saturated heterocycles. The summed E-state index contributed by atoms with van der Waals surface area (Å²) in [7, 11) is -3.23. The quantitative estimate of drug-likeness (QED) is 0.306. The maximum atomic E-state index is 13.4. The van der Waals surface area contributed by atoms with E-state index in [-0.39, 0.29) is 23.5 Å². The Kier molecular flexibility index (Phi) is 5.80. The third kappa shape index (κ3) is 4.66. The molecular formula is C11H16F2N5O5P. The minimum absolute atomic E-state index is 0.00418. The number of aromatic nitrogens is 3. The molecule has 1 atom stereocenters. The smallest absolute Gasteiger partial charge is 0.363 e. The molecular weight excluding hydrogens is 351 g/mol. The van der Waals surface area contributed by atoms with Gasteiger partial charge < -0.3 is 30.9 Å². The van der Waals surface area contributed by atoms with E-state index < -0.39 is 39.3 Å². The van der Waals surface area contributed by atoms with E-state index in [4.69, 9.17) is 15.5 Å². The molecule has 13 heteroatoms. The van der Waals surface area contributed by atoms with Crippen LogP contribution in [0.5, 0.6) is 0 Å². The molecule has 0 radical (unpaired) electrons. The first-order valence-corrected chi connectivity index (χ1v) is 7.83. The van der Waals surface area contributed by atoms with E-state index >= 15 is 0 Å². The fourth-order valence-corrected chi connectivity index (χ4v) is 2.43. The molecule has 0 fully saturated rings. The molecule has 2 heterocycles. The molecule has 0 amide bonds. The van der Waals surface area contributed by atoms with Gasteiger partial charge in [0.15, 0.2) is 0 Å². The van der Waals surface area contributed by atoms with Crippen LogP contribution in [-0.4, -0.2) is 48.6 Å². The molecule has 0 aliphatic rings. The van der Waals surface area contributed by atoms with Gasteiger partial charge in [-0.3, -0.25) is 9.78 Å². The van der Waals surface area contributed by atoms with Gasteiger partial charge in [0, 0.05) is 24.3 Å². The number of H-pyrrole nitrogens is 2. The molecule has 2 aromatic heterocycles. The van der Waals surface area contributed by atoms with Crippen molar-refractivity contribution >= 4 is 25.6 Å². The number of nitrogens with zero attached hydrogens (tertiary/aromatic N) is 1. The predicted octanol–water partition coefficient (Wildman–Crippen LogP) is -0.505. The van der Waals surface area contributed by atoms with Gasteiger partial charge in [-0.2, -0.15) is 8.78 Å². The average Bonchev–Trinajstić information content (AvgIpc) is 2.85. The lowest BCUT2D eigenvalue weighted by Crippen LogP contribution is -2.38. The summed E-state index contributed by atoms with van der Waals surface area (Å²) in [6, 6.07) is -1.10. The predicted molar refractivity (Wildman–Crippen MR) is 80.8 cm³/mol. The lowest BCUT2D eigenvalue weighted by Gasteiger charge is -2.22. The van der Waals surface area contributed by atoms with Crippen LogP contribution in [0.15, 0.2) is 11.0 Å². The summed E-state index contributed by atoms with van der Waals surface area (Å²) in [5, 5.41) is 11.8. The number of aliphatic hydroxyl groups excluding tert-OH is 1. The second kappa shape index (κ2) is 7.47. The molecule has 0 bridgehead atoms. The van der Waals surface area contributed by atoms with Crippen LogP contribution in [0.4, 0.5) is 14.7 Å². The number of aliphatic hydroxyl groups is 1. The molecule has 0 unspecified atom stereocenters. The fourth-order valence-electron chi connectivity index (χ4n) is 2.12. The molecule has 2 aromatic rings. The Balaban J connectivity index is 2.07. The van der Waals surface area contributed by atoms with E-state index in [9.17, 15) is 18.7 Å². The minimum atomic E-state index is -3.82. The number of halogens is 2. The highest BCUT2D eigenvalue weighted by Crippen LogP contribution is 2.37. The van der Waals surface area contributed by atoms with Gasteiger partial charge in [0.1, 0.15) is 11.0 Å². The van der Waals surface area contributed by atoms with E-state index in [1.807, 2.05) is 0 Å². The van der Waals surface area contributed by atoms with Crippen molar-refractivity contribution in [3.63, 3.8) is 0 Å². The van der Waals surface area contributed by atoms with Gasteiger partial charge in [0.05, 0.1) is 13.0 Å². The number of fused-ring (bicyclic) bond motifs is 1. The van der Waals surface area contributed by atoms with Gasteiger partial charge >= 0.3 is 14.7 Å². The van der Waals surface area contributed by atoms with Crippen molar-refractivity contribution in [2.24, 2.45) is 0 Å². The Morgan fingerprint density at radius 2 is 2.21 bits per heavy atom. The third-order valence-electron chi connectivity index (χ3n) is 3.13. The van der Waals surface area contributed by atoms with Gasteiger partial charge in [-0.05, 0) is 0 Å². The van der Waals surface area contributed by atoms with Gasteiger partial charge in [-0.1, -0.05) is 0 Å². The zero-order chi connectivity index (χ0) is 17.9. The Hall–Kier alpha value is -1.69. The number of hydrogen-bond acceptors (Lipinski definition) is 8. The SMILES string of the molecule is Nc1nc2c(CN[C@H](CO)CC(F)(F)OP(O)O)c[nH]c2c(=O)[nH]1. The summed E-state index contributed by atoms with van der Waals surface area (Å²) >= 11 is 0. The first-order chi connectivity index (χ1) is 11.2. The Bertz CT molecular complexity index is 752. The zero-order valence-corrected chi connectivity index (χ0v) is 13.1. The Morgan fingerprint density at radius 3 is 2.83 bits per heavy atom. The summed E-state index contributed by atoms with van der Waals surface area (Å²) in [6.45, 7) is -0.642. The van der Waals surface area contributed by atoms with Crippen molar-refractivity contribution in [3.8, 4) is 0 Å². The maximum absolute atomic E-state index is 13.4. The number of alkyl halides is 2. The highest BCUT2D eigenvalue weighted by Gasteiger charge is 2.36. The lowest BCUT2D eigenvalue weighted by molar-refractivity contribution is -0.190. The summed E-state index contributed by atoms with van der Waals surface area (Å²) in [6.07, 6.45) is -3.35. The number of nitrogen functional groups attached to an aromatic ring is 1. The molecule has 10 nitrogen and oxygen atoms in total. The first kappa shape index (κ1) is 18.6. The van der Waals surface area contributed by atoms with E-state index in [1.54, 1.807) is 0 Å². The number of nitrogens with two attached hydrogens (primary N) is 1. The van der Waals surface area contributed by atoms with Gasteiger partial charge in [0.25, 0.3) is 5.56 Å². The zero-order valence-electron chi connectivity index (χ0n) is 12.2. The molecule has 2 rings (SSSR count). The third-order valence-corrected chi connectivity index (χ3v) is 3.56. The summed E-state index contributed by atoms with van der Waals surface area (Å²) < 4.78 is 30.5. The number of rotatable bonds is 8. The maximum Gasteiger partial charge on any atom is 0.363 e. The largest absolute Gasteiger partial charge is 0.395 e. The Labute approximate surface area is 134 Å². The van der Waals surface area contributed by atoms with Crippen LogP contribution >= 0.6 is 8.60 Å². The van der Waals surface area contributed by atoms with Crippen molar-refractivity contribution < 1.29 is 28.2 Å². The van der Waals surface area contributed by atoms with Crippen molar-refractivity contribution in [2.45, 2.75) is 25.1 Å². The Morgan fingerprint density at radius 1 is 1.50 bits per heavy atom. The molecule has 8 N–H and O–H groups in total. The highest BCUT2D eigenvalue weighted by molar-refractivity contribution is 7.39. The summed E-state index contributed by atoms with van der Waals surface area (Å²) in [5.74, 6) is -0.0914.